The van der Waals surface area contributed by atoms with Gasteiger partial charge in [0.2, 0.25) is 0 Å². The molecule has 2 aliphatic heterocycles. The second kappa shape index (κ2) is 12.0. The predicted molar refractivity (Wildman–Crippen MR) is 223 cm³/mol. The number of halogens is 1. The molecule has 0 radical (unpaired) electrons. The minimum Gasteiger partial charge on any atom is -0.354 e. The summed E-state index contributed by atoms with van der Waals surface area (Å²) in [4.78, 5) is 16.9. The van der Waals surface area contributed by atoms with E-state index in [-0.39, 0.29) is 11.5 Å². The highest BCUT2D eigenvalue weighted by molar-refractivity contribution is 14.2. The van der Waals surface area contributed by atoms with Gasteiger partial charge >= 0.3 is 0 Å². The summed E-state index contributed by atoms with van der Waals surface area (Å²) in [6, 6.07) is 54.2. The van der Waals surface area contributed by atoms with Crippen LogP contribution < -0.4 is 4.90 Å². The number of benzene rings is 6. The van der Waals surface area contributed by atoms with Crippen molar-refractivity contribution >= 4 is 67.1 Å². The molecule has 1 aliphatic carbocycles. The first-order valence-electron chi connectivity index (χ1n) is 17.3. The Kier molecular flexibility index (Phi) is 7.10. The number of allylic oxidation sites excluding steroid dienone is 2. The first-order valence-corrected chi connectivity index (χ1v) is 19.5. The van der Waals surface area contributed by atoms with Gasteiger partial charge in [-0.05, 0) is 79.7 Å². The Bertz CT molecular complexity index is 2650. The van der Waals surface area contributed by atoms with Crippen LogP contribution in [0.5, 0.6) is 0 Å². The van der Waals surface area contributed by atoms with Crippen LogP contribution in [-0.2, 0) is 5.41 Å². The fourth-order valence-corrected chi connectivity index (χ4v) is 10.5. The Labute approximate surface area is 307 Å². The quantitative estimate of drug-likeness (QED) is 0.174. The molecule has 7 aromatic rings. The Morgan fingerprint density at radius 2 is 1.27 bits per heavy atom. The lowest BCUT2D eigenvalue weighted by atomic mass is 9.73. The number of fused-ring (bicyclic) bond motifs is 6. The lowest BCUT2D eigenvalue weighted by Crippen LogP contribution is -2.44. The lowest BCUT2D eigenvalue weighted by Gasteiger charge is -2.36. The molecule has 2 atom stereocenters. The average Bonchev–Trinajstić information content (AvgIpc) is 3.70. The molecule has 3 aliphatic rings. The third-order valence-corrected chi connectivity index (χ3v) is 13.0. The zero-order valence-electron chi connectivity index (χ0n) is 28.0. The number of para-hydroxylation sites is 1. The van der Waals surface area contributed by atoms with Gasteiger partial charge in [0.05, 0.1) is 6.04 Å². The van der Waals surface area contributed by atoms with Crippen molar-refractivity contribution in [2.75, 3.05) is 4.90 Å². The van der Waals surface area contributed by atoms with Crippen molar-refractivity contribution in [3.05, 3.63) is 192 Å². The summed E-state index contributed by atoms with van der Waals surface area (Å²) in [5.74, 6) is 0.764. The number of anilines is 1. The van der Waals surface area contributed by atoms with Crippen LogP contribution in [0.4, 0.5) is 5.69 Å². The zero-order valence-corrected chi connectivity index (χ0v) is 30.1. The largest absolute Gasteiger partial charge is 0.354 e. The second-order valence-electron chi connectivity index (χ2n) is 13.5. The Balaban J connectivity index is 1.15. The van der Waals surface area contributed by atoms with Gasteiger partial charge in [-0.25, -0.2) is 9.98 Å². The maximum Gasteiger partial charge on any atom is 0.170 e. The number of aromatic nitrogens is 1. The zero-order chi connectivity index (χ0) is 33.9. The second-order valence-corrected chi connectivity index (χ2v) is 16.0. The maximum absolute atomic E-state index is 5.44. The number of hydrogen-bond acceptors (Lipinski definition) is 3. The van der Waals surface area contributed by atoms with Gasteiger partial charge in [-0.15, -0.1) is 0 Å². The normalized spacial score (nSPS) is 19.5. The molecule has 5 heteroatoms. The van der Waals surface area contributed by atoms with Crippen molar-refractivity contribution in [1.82, 2.24) is 4.98 Å². The molecular formula is C46H33IN4. The van der Waals surface area contributed by atoms with Crippen LogP contribution in [0.3, 0.4) is 0 Å². The van der Waals surface area contributed by atoms with E-state index in [1.165, 1.54) is 44.3 Å². The van der Waals surface area contributed by atoms with Crippen LogP contribution in [0.2, 0.25) is 0 Å². The van der Waals surface area contributed by atoms with Crippen molar-refractivity contribution in [2.45, 2.75) is 18.4 Å². The maximum atomic E-state index is 5.44. The highest BCUT2D eigenvalue weighted by Gasteiger charge is 2.48. The average molecular weight is 769 g/mol. The summed E-state index contributed by atoms with van der Waals surface area (Å²) in [5, 5.41) is 2.48. The van der Waals surface area contributed by atoms with E-state index in [9.17, 15) is 0 Å². The van der Waals surface area contributed by atoms with Crippen LogP contribution in [0.1, 0.15) is 29.2 Å². The highest BCUT2D eigenvalue weighted by atomic mass is 127. The molecule has 51 heavy (non-hydrogen) atoms. The van der Waals surface area contributed by atoms with Crippen LogP contribution >= 0.6 is 20.7 Å². The molecular weight excluding hydrogens is 735 g/mol. The van der Waals surface area contributed by atoms with Crippen LogP contribution in [0.15, 0.2) is 180 Å². The summed E-state index contributed by atoms with van der Waals surface area (Å²) >= 11 is -0.763. The van der Waals surface area contributed by atoms with Crippen molar-refractivity contribution < 1.29 is 0 Å². The SMILES string of the molecule is CC12C=C(c3ccccc3)C=CC1N(C1=IC(c3ccc4c(c3)[nH]c3ccccc34)=NC(c3ccccc3)=N1)c1ccc(-c3ccccc3)cc12. The number of nitrogens with zero attached hydrogens (tertiary/aromatic N) is 3. The van der Waals surface area contributed by atoms with E-state index in [0.717, 1.165) is 35.5 Å². The van der Waals surface area contributed by atoms with Crippen LogP contribution in [-0.4, -0.2) is 24.3 Å². The van der Waals surface area contributed by atoms with Crippen LogP contribution in [0.25, 0.3) is 38.5 Å². The van der Waals surface area contributed by atoms with Gasteiger partial charge in [0, 0.05) is 44.0 Å². The molecule has 0 saturated carbocycles. The molecule has 0 spiro atoms. The Morgan fingerprint density at radius 3 is 2.06 bits per heavy atom. The van der Waals surface area contributed by atoms with Gasteiger partial charge in [-0.1, -0.05) is 146 Å². The number of amidine groups is 1. The molecule has 244 valence electrons. The summed E-state index contributed by atoms with van der Waals surface area (Å²) in [6.07, 6.45) is 7.20. The Hall–Kier alpha value is -5.66. The third-order valence-electron chi connectivity index (χ3n) is 10.4. The molecule has 0 fully saturated rings. The summed E-state index contributed by atoms with van der Waals surface area (Å²) < 4.78 is 2.23. The number of H-pyrrole nitrogens is 1. The smallest absolute Gasteiger partial charge is 0.170 e. The van der Waals surface area contributed by atoms with E-state index in [1.54, 1.807) is 0 Å². The fourth-order valence-electron chi connectivity index (χ4n) is 7.85. The topological polar surface area (TPSA) is 43.8 Å². The minimum atomic E-state index is -0.763. The van der Waals surface area contributed by atoms with Gasteiger partial charge in [0.1, 0.15) is 3.72 Å². The van der Waals surface area contributed by atoms with Crippen molar-refractivity contribution in [3.63, 3.8) is 0 Å². The van der Waals surface area contributed by atoms with Gasteiger partial charge in [0.15, 0.2) is 9.59 Å². The fraction of sp³-hybridized carbons (Fsp3) is 0.0652. The molecule has 10 rings (SSSR count). The van der Waals surface area contributed by atoms with E-state index >= 15 is 0 Å². The monoisotopic (exact) mass is 768 g/mol. The number of rotatable bonds is 5. The van der Waals surface area contributed by atoms with E-state index in [0.29, 0.717) is 0 Å². The molecule has 1 N–H and O–H groups in total. The van der Waals surface area contributed by atoms with Crippen molar-refractivity contribution in [1.29, 1.82) is 0 Å². The summed E-state index contributed by atoms with van der Waals surface area (Å²) in [5.41, 5.74) is 11.6. The number of nitrogens with one attached hydrogen (secondary N) is 1. The number of hydrogen-bond donors (Lipinski definition) is 1. The van der Waals surface area contributed by atoms with Gasteiger partial charge < -0.3 is 9.88 Å². The van der Waals surface area contributed by atoms with E-state index in [4.69, 9.17) is 9.98 Å². The van der Waals surface area contributed by atoms with Crippen molar-refractivity contribution in [2.24, 2.45) is 9.98 Å². The summed E-state index contributed by atoms with van der Waals surface area (Å²) in [7, 11) is 0. The molecule has 0 amide bonds. The number of aromatic amines is 1. The third kappa shape index (κ3) is 5.06. The van der Waals surface area contributed by atoms with Gasteiger partial charge in [0.25, 0.3) is 0 Å². The van der Waals surface area contributed by atoms with Gasteiger partial charge in [-0.3, -0.25) is 0 Å². The molecule has 4 nitrogen and oxygen atoms in total. The van der Waals surface area contributed by atoms with Crippen molar-refractivity contribution in [3.8, 4) is 11.1 Å². The number of aliphatic imine (C=N–C) groups is 2. The summed E-state index contributed by atoms with van der Waals surface area (Å²) in [6.45, 7) is 2.40. The molecule has 0 bridgehead atoms. The van der Waals surface area contributed by atoms with E-state index in [2.05, 4.69) is 187 Å². The lowest BCUT2D eigenvalue weighted by molar-refractivity contribution is 0.558. The van der Waals surface area contributed by atoms with E-state index < -0.39 is 20.7 Å². The van der Waals surface area contributed by atoms with E-state index in [1.807, 2.05) is 0 Å². The van der Waals surface area contributed by atoms with Gasteiger partial charge in [-0.2, -0.15) is 0 Å². The molecule has 3 heterocycles. The van der Waals surface area contributed by atoms with Crippen LogP contribution in [0, 0.1) is 0 Å². The minimum absolute atomic E-state index is 0.0667. The Morgan fingerprint density at radius 1 is 0.608 bits per heavy atom. The molecule has 0 saturated heterocycles. The molecule has 2 unspecified atom stereocenters. The first-order chi connectivity index (χ1) is 25.1. The molecule has 1 aromatic heterocycles. The first kappa shape index (κ1) is 30.2. The standard InChI is InChI=1S/C46H33IN4/c1-46-29-35(31-15-7-3-8-16-31)23-26-42(46)51(41-25-22-33(27-38(41)46)30-13-5-2-6-14-30)45-47-43(49-44(50-45)32-17-9-4-10-18-32)34-21-24-37-36-19-11-12-20-39(36)48-40(37)28-34/h2-29,42,48H,1H3. The highest BCUT2D eigenvalue weighted by Crippen LogP contribution is 2.52. The predicted octanol–water partition coefficient (Wildman–Crippen LogP) is 11.1. The molecule has 6 aromatic carbocycles.